The van der Waals surface area contributed by atoms with E-state index in [0.717, 1.165) is 0 Å². The molecule has 2 rings (SSSR count). The number of carbonyl (C=O) groups is 2. The Hall–Kier alpha value is -1.80. The molecule has 1 aromatic rings. The fourth-order valence-corrected chi connectivity index (χ4v) is 4.52. The number of hydrogen-bond donors (Lipinski definition) is 1. The summed E-state index contributed by atoms with van der Waals surface area (Å²) in [6.07, 6.45) is 0.380. The summed E-state index contributed by atoms with van der Waals surface area (Å²) in [6, 6.07) is 3.51. The first-order valence-electron chi connectivity index (χ1n) is 7.39. The number of rotatable bonds is 5. The summed E-state index contributed by atoms with van der Waals surface area (Å²) < 4.78 is 28.0. The molecule has 0 aliphatic carbocycles. The highest BCUT2D eigenvalue weighted by atomic mass is 35.5. The average Bonchev–Trinajstić information content (AvgIpc) is 2.87. The number of phenols is 1. The van der Waals surface area contributed by atoms with E-state index in [1.165, 1.54) is 23.1 Å². The Labute approximate surface area is 145 Å². The lowest BCUT2D eigenvalue weighted by molar-refractivity contribution is -0.136. The van der Waals surface area contributed by atoms with Crippen molar-refractivity contribution >= 4 is 33.3 Å². The third-order valence-electron chi connectivity index (χ3n) is 3.82. The van der Waals surface area contributed by atoms with Crippen LogP contribution in [0.3, 0.4) is 0 Å². The van der Waals surface area contributed by atoms with Crippen LogP contribution in [0, 0.1) is 0 Å². The van der Waals surface area contributed by atoms with Crippen molar-refractivity contribution in [3.05, 3.63) is 28.8 Å². The number of esters is 1. The minimum Gasteiger partial charge on any atom is -0.507 e. The number of nitrogens with zero attached hydrogens (tertiary/aromatic N) is 1. The molecule has 9 heteroatoms. The highest BCUT2D eigenvalue weighted by Crippen LogP contribution is 2.22. The second-order valence-electron chi connectivity index (χ2n) is 5.47. The number of phenolic OH excluding ortho intramolecular Hbond substituents is 1. The van der Waals surface area contributed by atoms with E-state index in [4.69, 9.17) is 16.3 Å². The molecule has 1 N–H and O–H groups in total. The molecule has 1 saturated heterocycles. The summed E-state index contributed by atoms with van der Waals surface area (Å²) in [6.45, 7) is 1.52. The predicted molar refractivity (Wildman–Crippen MR) is 87.8 cm³/mol. The second kappa shape index (κ2) is 7.40. The lowest BCUT2D eigenvalue weighted by Crippen LogP contribution is -2.43. The number of ether oxygens (including phenoxy) is 1. The van der Waals surface area contributed by atoms with Gasteiger partial charge in [-0.3, -0.25) is 4.79 Å². The topological polar surface area (TPSA) is 101 Å². The molecule has 7 nitrogen and oxygen atoms in total. The van der Waals surface area contributed by atoms with Crippen molar-refractivity contribution in [2.24, 2.45) is 0 Å². The molecule has 0 spiro atoms. The van der Waals surface area contributed by atoms with Gasteiger partial charge >= 0.3 is 5.97 Å². The van der Waals surface area contributed by atoms with Crippen molar-refractivity contribution in [2.45, 2.75) is 19.4 Å². The van der Waals surface area contributed by atoms with E-state index in [1.807, 2.05) is 0 Å². The van der Waals surface area contributed by atoms with Gasteiger partial charge in [0, 0.05) is 17.6 Å². The van der Waals surface area contributed by atoms with Crippen LogP contribution in [-0.4, -0.2) is 61.0 Å². The van der Waals surface area contributed by atoms with Crippen LogP contribution in [0.25, 0.3) is 0 Å². The zero-order chi connectivity index (χ0) is 17.9. The van der Waals surface area contributed by atoms with Crippen molar-refractivity contribution in [3.63, 3.8) is 0 Å². The molecular formula is C15H18ClNO6S. The Bertz CT molecular complexity index is 748. The van der Waals surface area contributed by atoms with Gasteiger partial charge in [0.2, 0.25) is 0 Å². The molecule has 1 atom stereocenters. The van der Waals surface area contributed by atoms with E-state index in [9.17, 15) is 23.1 Å². The molecule has 0 saturated carbocycles. The van der Waals surface area contributed by atoms with Gasteiger partial charge in [0.1, 0.15) is 11.3 Å². The molecule has 0 radical (unpaired) electrons. The summed E-state index contributed by atoms with van der Waals surface area (Å²) in [5.41, 5.74) is -0.137. The van der Waals surface area contributed by atoms with Gasteiger partial charge in [0.15, 0.2) is 16.4 Å². The lowest BCUT2D eigenvalue weighted by Gasteiger charge is -2.26. The van der Waals surface area contributed by atoms with Gasteiger partial charge in [-0.25, -0.2) is 13.2 Å². The fourth-order valence-electron chi connectivity index (χ4n) is 2.62. The van der Waals surface area contributed by atoms with Gasteiger partial charge in [-0.2, -0.15) is 0 Å². The Kier molecular flexibility index (Phi) is 5.71. The molecule has 1 aromatic carbocycles. The van der Waals surface area contributed by atoms with E-state index >= 15 is 0 Å². The SMILES string of the molecule is CCN(C(=O)COC(=O)c1cc(Cl)ccc1O)[C@@H]1CCS(=O)(=O)C1. The first kappa shape index (κ1) is 18.5. The van der Waals surface area contributed by atoms with Crippen molar-refractivity contribution in [2.75, 3.05) is 24.7 Å². The van der Waals surface area contributed by atoms with Crippen LogP contribution < -0.4 is 0 Å². The summed E-state index contributed by atoms with van der Waals surface area (Å²) >= 11 is 5.76. The van der Waals surface area contributed by atoms with E-state index < -0.39 is 34.4 Å². The third-order valence-corrected chi connectivity index (χ3v) is 5.80. The second-order valence-corrected chi connectivity index (χ2v) is 8.14. The average molecular weight is 376 g/mol. The Morgan fingerprint density at radius 2 is 2.12 bits per heavy atom. The number of hydrogen-bond acceptors (Lipinski definition) is 6. The van der Waals surface area contributed by atoms with Crippen LogP contribution in [0.2, 0.25) is 5.02 Å². The lowest BCUT2D eigenvalue weighted by atomic mass is 10.2. The van der Waals surface area contributed by atoms with Gasteiger partial charge in [0.25, 0.3) is 5.91 Å². The number of aromatic hydroxyl groups is 1. The molecule has 0 aromatic heterocycles. The zero-order valence-corrected chi connectivity index (χ0v) is 14.6. The van der Waals surface area contributed by atoms with Crippen LogP contribution >= 0.6 is 11.6 Å². The summed E-state index contributed by atoms with van der Waals surface area (Å²) in [7, 11) is -3.12. The summed E-state index contributed by atoms with van der Waals surface area (Å²) in [5.74, 6) is -1.67. The van der Waals surface area contributed by atoms with Gasteiger partial charge in [-0.1, -0.05) is 11.6 Å². The molecule has 24 heavy (non-hydrogen) atoms. The fraction of sp³-hybridized carbons (Fsp3) is 0.467. The normalized spacial score (nSPS) is 19.0. The standard InChI is InChI=1S/C15H18ClNO6S/c1-2-17(11-5-6-24(21,22)9-11)14(19)8-23-15(20)12-7-10(16)3-4-13(12)18/h3-4,7,11,18H,2,5-6,8-9H2,1H3/t11-/m1/s1. The van der Waals surface area contributed by atoms with Gasteiger partial charge in [-0.05, 0) is 31.5 Å². The summed E-state index contributed by atoms with van der Waals surface area (Å²) in [4.78, 5) is 25.6. The van der Waals surface area contributed by atoms with E-state index in [2.05, 4.69) is 0 Å². The Balaban J connectivity index is 1.98. The maximum atomic E-state index is 12.2. The number of benzene rings is 1. The van der Waals surface area contributed by atoms with Crippen LogP contribution in [0.1, 0.15) is 23.7 Å². The molecule has 0 unspecified atom stereocenters. The van der Waals surface area contributed by atoms with Gasteiger partial charge in [0.05, 0.1) is 11.5 Å². The van der Waals surface area contributed by atoms with Crippen LogP contribution in [0.15, 0.2) is 18.2 Å². The highest BCUT2D eigenvalue weighted by Gasteiger charge is 2.34. The summed E-state index contributed by atoms with van der Waals surface area (Å²) in [5, 5.41) is 9.88. The van der Waals surface area contributed by atoms with Crippen LogP contribution in [0.4, 0.5) is 0 Å². The molecule has 132 valence electrons. The monoisotopic (exact) mass is 375 g/mol. The molecule has 1 fully saturated rings. The third kappa shape index (κ3) is 4.39. The number of carbonyl (C=O) groups excluding carboxylic acids is 2. The van der Waals surface area contributed by atoms with Crippen molar-refractivity contribution in [1.29, 1.82) is 0 Å². The zero-order valence-electron chi connectivity index (χ0n) is 13.1. The van der Waals surface area contributed by atoms with Gasteiger partial charge in [-0.15, -0.1) is 0 Å². The van der Waals surface area contributed by atoms with E-state index in [1.54, 1.807) is 6.92 Å². The highest BCUT2D eigenvalue weighted by molar-refractivity contribution is 7.91. The van der Waals surface area contributed by atoms with Crippen molar-refractivity contribution < 1.29 is 27.9 Å². The molecule has 1 amide bonds. The minimum absolute atomic E-state index is 0.0532. The number of sulfone groups is 1. The Morgan fingerprint density at radius 1 is 1.42 bits per heavy atom. The maximum absolute atomic E-state index is 12.2. The van der Waals surface area contributed by atoms with E-state index in [-0.39, 0.29) is 27.8 Å². The molecule has 1 heterocycles. The van der Waals surface area contributed by atoms with E-state index in [0.29, 0.717) is 13.0 Å². The molecule has 1 aliphatic heterocycles. The first-order chi connectivity index (χ1) is 11.2. The largest absolute Gasteiger partial charge is 0.507 e. The number of halogens is 1. The smallest absolute Gasteiger partial charge is 0.342 e. The quantitative estimate of drug-likeness (QED) is 0.777. The number of likely N-dealkylation sites (N-methyl/N-ethyl adjacent to an activating group) is 1. The Morgan fingerprint density at radius 3 is 2.71 bits per heavy atom. The molecule has 0 bridgehead atoms. The minimum atomic E-state index is -3.12. The van der Waals surface area contributed by atoms with Gasteiger partial charge < -0.3 is 14.7 Å². The number of amides is 1. The molecule has 1 aliphatic rings. The van der Waals surface area contributed by atoms with Crippen LogP contribution in [-0.2, 0) is 19.4 Å². The molecular weight excluding hydrogens is 358 g/mol. The van der Waals surface area contributed by atoms with Crippen molar-refractivity contribution in [3.8, 4) is 5.75 Å². The van der Waals surface area contributed by atoms with Crippen molar-refractivity contribution in [1.82, 2.24) is 4.90 Å². The predicted octanol–water partition coefficient (Wildman–Crippen LogP) is 1.24. The van der Waals surface area contributed by atoms with Crippen LogP contribution in [0.5, 0.6) is 5.75 Å². The first-order valence-corrected chi connectivity index (χ1v) is 9.59. The maximum Gasteiger partial charge on any atom is 0.342 e.